The Labute approximate surface area is 166 Å². The second kappa shape index (κ2) is 7.73. The lowest BCUT2D eigenvalue weighted by atomic mass is 10.1. The van der Waals surface area contributed by atoms with Crippen molar-refractivity contribution in [1.29, 1.82) is 0 Å². The maximum Gasteiger partial charge on any atom is 0.258 e. The van der Waals surface area contributed by atoms with Crippen molar-refractivity contribution in [2.75, 3.05) is 19.0 Å². The molecule has 0 N–H and O–H groups in total. The first-order valence-corrected chi connectivity index (χ1v) is 10.5. The Kier molecular flexibility index (Phi) is 5.54. The lowest BCUT2D eigenvalue weighted by molar-refractivity contribution is 0.0993. The van der Waals surface area contributed by atoms with E-state index in [4.69, 9.17) is 0 Å². The third-order valence-corrected chi connectivity index (χ3v) is 6.94. The molecule has 0 saturated carbocycles. The number of hydrogen-bond donors (Lipinski definition) is 0. The molecule has 0 atom stereocenters. The highest BCUT2D eigenvalue weighted by Crippen LogP contribution is 2.24. The molecule has 0 saturated heterocycles. The molecule has 3 aromatic rings. The van der Waals surface area contributed by atoms with Crippen LogP contribution in [0.4, 0.5) is 5.69 Å². The molecule has 0 radical (unpaired) electrons. The van der Waals surface area contributed by atoms with Crippen molar-refractivity contribution in [2.24, 2.45) is 0 Å². The third-order valence-electron chi connectivity index (χ3n) is 4.91. The molecule has 1 amide bonds. The highest BCUT2D eigenvalue weighted by atomic mass is 32.2. The summed E-state index contributed by atoms with van der Waals surface area (Å²) in [5.74, 6) is -0.264. The topological polar surface area (TPSA) is 57.7 Å². The Morgan fingerprint density at radius 1 is 0.857 bits per heavy atom. The largest absolute Gasteiger partial charge is 0.311 e. The van der Waals surface area contributed by atoms with Crippen LogP contribution in [0.2, 0.25) is 0 Å². The normalized spacial score (nSPS) is 11.9. The van der Waals surface area contributed by atoms with E-state index in [2.05, 4.69) is 0 Å². The molecule has 0 heterocycles. The Morgan fingerprint density at radius 3 is 2.21 bits per heavy atom. The van der Waals surface area contributed by atoms with Crippen LogP contribution >= 0.6 is 0 Å². The van der Waals surface area contributed by atoms with Gasteiger partial charge >= 0.3 is 0 Å². The molecule has 0 aliphatic heterocycles. The maximum atomic E-state index is 13.0. The van der Waals surface area contributed by atoms with Crippen molar-refractivity contribution < 1.29 is 13.2 Å². The summed E-state index contributed by atoms with van der Waals surface area (Å²) < 4.78 is 26.8. The molecule has 0 aliphatic rings. The second-order valence-corrected chi connectivity index (χ2v) is 9.04. The zero-order chi connectivity index (χ0) is 20.5. The van der Waals surface area contributed by atoms with E-state index >= 15 is 0 Å². The van der Waals surface area contributed by atoms with Gasteiger partial charge < -0.3 is 4.90 Å². The van der Waals surface area contributed by atoms with Crippen LogP contribution in [0.25, 0.3) is 10.8 Å². The molecule has 3 rings (SSSR count). The highest BCUT2D eigenvalue weighted by molar-refractivity contribution is 7.89. The summed E-state index contributed by atoms with van der Waals surface area (Å²) in [7, 11) is -0.425. The van der Waals surface area contributed by atoms with Crippen LogP contribution in [-0.4, -0.2) is 38.8 Å². The van der Waals surface area contributed by atoms with E-state index in [0.29, 0.717) is 5.56 Å². The number of nitrogens with zero attached hydrogens (tertiary/aromatic N) is 2. The van der Waals surface area contributed by atoms with E-state index < -0.39 is 10.0 Å². The fourth-order valence-electron chi connectivity index (χ4n) is 2.93. The van der Waals surface area contributed by atoms with E-state index in [0.717, 1.165) is 16.5 Å². The van der Waals surface area contributed by atoms with E-state index in [-0.39, 0.29) is 16.8 Å². The monoisotopic (exact) mass is 396 g/mol. The Morgan fingerprint density at radius 2 is 1.54 bits per heavy atom. The van der Waals surface area contributed by atoms with Gasteiger partial charge in [-0.25, -0.2) is 8.42 Å². The second-order valence-electron chi connectivity index (χ2n) is 7.04. The first-order chi connectivity index (χ1) is 13.2. The average molecular weight is 397 g/mol. The van der Waals surface area contributed by atoms with Gasteiger partial charge in [0.15, 0.2) is 0 Å². The highest BCUT2D eigenvalue weighted by Gasteiger charge is 2.24. The van der Waals surface area contributed by atoms with Gasteiger partial charge in [0.2, 0.25) is 10.0 Å². The SMILES string of the molecule is CC(C)N(C)S(=O)(=O)c1cccc(C(=O)N(C)c2ccc3ccccc3c2)c1. The number of rotatable bonds is 5. The number of benzene rings is 3. The predicted molar refractivity (Wildman–Crippen MR) is 113 cm³/mol. The van der Waals surface area contributed by atoms with Gasteiger partial charge in [-0.3, -0.25) is 4.79 Å². The number of sulfonamides is 1. The number of hydrogen-bond acceptors (Lipinski definition) is 3. The van der Waals surface area contributed by atoms with Crippen LogP contribution in [0.15, 0.2) is 71.6 Å². The summed E-state index contributed by atoms with van der Waals surface area (Å²) in [6.45, 7) is 3.61. The van der Waals surface area contributed by atoms with Crippen LogP contribution in [0.5, 0.6) is 0 Å². The van der Waals surface area contributed by atoms with Crippen molar-refractivity contribution in [3.05, 3.63) is 72.3 Å². The molecule has 5 nitrogen and oxygen atoms in total. The molecule has 146 valence electrons. The fourth-order valence-corrected chi connectivity index (χ4v) is 4.34. The summed E-state index contributed by atoms with van der Waals surface area (Å²) in [5, 5.41) is 2.13. The lowest BCUT2D eigenvalue weighted by Crippen LogP contribution is -2.33. The third kappa shape index (κ3) is 3.79. The van der Waals surface area contributed by atoms with Gasteiger partial charge in [-0.1, -0.05) is 36.4 Å². The standard InChI is InChI=1S/C22H24N2O3S/c1-16(2)24(4)28(26,27)21-11-7-10-19(15-21)22(25)23(3)20-13-12-17-8-5-6-9-18(17)14-20/h5-16H,1-4H3. The van der Waals surface area contributed by atoms with Crippen molar-refractivity contribution in [3.8, 4) is 0 Å². The smallest absolute Gasteiger partial charge is 0.258 e. The summed E-state index contributed by atoms with van der Waals surface area (Å²) in [5.41, 5.74) is 1.07. The number of anilines is 1. The molecule has 0 unspecified atom stereocenters. The average Bonchev–Trinajstić information content (AvgIpc) is 2.71. The summed E-state index contributed by atoms with van der Waals surface area (Å²) in [4.78, 5) is 14.6. The molecule has 0 aliphatic carbocycles. The van der Waals surface area contributed by atoms with E-state index in [1.54, 1.807) is 33.0 Å². The molecule has 3 aromatic carbocycles. The van der Waals surface area contributed by atoms with Gasteiger partial charge in [0, 0.05) is 31.4 Å². The number of amides is 1. The molecular formula is C22H24N2O3S. The van der Waals surface area contributed by atoms with Crippen LogP contribution in [0, 0.1) is 0 Å². The van der Waals surface area contributed by atoms with Crippen LogP contribution in [0.3, 0.4) is 0 Å². The minimum absolute atomic E-state index is 0.112. The lowest BCUT2D eigenvalue weighted by Gasteiger charge is -2.22. The molecule has 0 fully saturated rings. The van der Waals surface area contributed by atoms with Gasteiger partial charge in [-0.05, 0) is 55.0 Å². The molecular weight excluding hydrogens is 372 g/mol. The number of carbonyl (C=O) groups excluding carboxylic acids is 1. The van der Waals surface area contributed by atoms with Gasteiger partial charge in [0.05, 0.1) is 4.90 Å². The number of carbonyl (C=O) groups is 1. The molecule has 0 aromatic heterocycles. The minimum Gasteiger partial charge on any atom is -0.311 e. The predicted octanol–water partition coefficient (Wildman–Crippen LogP) is 4.15. The fraction of sp³-hybridized carbons (Fsp3) is 0.227. The van der Waals surface area contributed by atoms with Crippen molar-refractivity contribution in [1.82, 2.24) is 4.31 Å². The van der Waals surface area contributed by atoms with Crippen LogP contribution < -0.4 is 4.90 Å². The minimum atomic E-state index is -3.65. The first kappa shape index (κ1) is 20.0. The summed E-state index contributed by atoms with van der Waals surface area (Å²) in [6.07, 6.45) is 0. The zero-order valence-electron chi connectivity index (χ0n) is 16.5. The van der Waals surface area contributed by atoms with Crippen molar-refractivity contribution in [2.45, 2.75) is 24.8 Å². The Hall–Kier alpha value is -2.70. The van der Waals surface area contributed by atoms with Gasteiger partial charge in [0.25, 0.3) is 5.91 Å². The van der Waals surface area contributed by atoms with E-state index in [1.807, 2.05) is 42.5 Å². The van der Waals surface area contributed by atoms with Crippen LogP contribution in [-0.2, 0) is 10.0 Å². The molecule has 0 bridgehead atoms. The Bertz CT molecular complexity index is 1120. The van der Waals surface area contributed by atoms with Crippen molar-refractivity contribution >= 4 is 32.4 Å². The summed E-state index contributed by atoms with van der Waals surface area (Å²) in [6, 6.07) is 19.7. The first-order valence-electron chi connectivity index (χ1n) is 9.07. The van der Waals surface area contributed by atoms with E-state index in [9.17, 15) is 13.2 Å². The molecule has 0 spiro atoms. The molecule has 28 heavy (non-hydrogen) atoms. The molecule has 6 heteroatoms. The quantitative estimate of drug-likeness (QED) is 0.651. The zero-order valence-corrected chi connectivity index (χ0v) is 17.3. The van der Waals surface area contributed by atoms with Crippen LogP contribution in [0.1, 0.15) is 24.2 Å². The van der Waals surface area contributed by atoms with E-state index in [1.165, 1.54) is 28.4 Å². The number of fused-ring (bicyclic) bond motifs is 1. The van der Waals surface area contributed by atoms with Gasteiger partial charge in [0.1, 0.15) is 0 Å². The van der Waals surface area contributed by atoms with Gasteiger partial charge in [-0.2, -0.15) is 4.31 Å². The maximum absolute atomic E-state index is 13.0. The Balaban J connectivity index is 1.93. The van der Waals surface area contributed by atoms with Crippen molar-refractivity contribution in [3.63, 3.8) is 0 Å². The van der Waals surface area contributed by atoms with Gasteiger partial charge in [-0.15, -0.1) is 0 Å². The summed E-state index contributed by atoms with van der Waals surface area (Å²) >= 11 is 0.